The topological polar surface area (TPSA) is 45.1 Å². The number of hydrogen-bond acceptors (Lipinski definition) is 4. The predicted molar refractivity (Wildman–Crippen MR) is 96.9 cm³/mol. The Bertz CT molecular complexity index is 753. The van der Waals surface area contributed by atoms with Crippen molar-refractivity contribution in [1.82, 2.24) is 4.90 Å². The van der Waals surface area contributed by atoms with Crippen molar-refractivity contribution in [2.75, 3.05) is 19.1 Å². The Morgan fingerprint density at radius 2 is 2.00 bits per heavy atom. The normalized spacial score (nSPS) is 33.8. The standard InChI is InChI=1S/C20H25N3O2/c1-21-19-20(10-6-3-7-11-20)23-16(18(24)25-2)12-14-13-8-4-5-9-15(13)22(19)17(14)23/h4-5,8-9,14,16-17H,3,6-7,10-12H2,1-2H3/t14-,16-,17-/m0/s1. The lowest BCUT2D eigenvalue weighted by molar-refractivity contribution is -0.148. The molecule has 0 unspecified atom stereocenters. The summed E-state index contributed by atoms with van der Waals surface area (Å²) >= 11 is 0. The zero-order chi connectivity index (χ0) is 17.2. The first-order chi connectivity index (χ1) is 12.2. The highest BCUT2D eigenvalue weighted by molar-refractivity contribution is 6.10. The van der Waals surface area contributed by atoms with Gasteiger partial charge in [-0.15, -0.1) is 0 Å². The van der Waals surface area contributed by atoms with Crippen LogP contribution in [0.25, 0.3) is 0 Å². The van der Waals surface area contributed by atoms with Crippen LogP contribution in [0.1, 0.15) is 50.0 Å². The summed E-state index contributed by atoms with van der Waals surface area (Å²) in [7, 11) is 3.43. The molecule has 4 aliphatic rings. The van der Waals surface area contributed by atoms with Gasteiger partial charge in [0.15, 0.2) is 0 Å². The lowest BCUT2D eigenvalue weighted by Crippen LogP contribution is -2.55. The molecule has 132 valence electrons. The molecule has 1 aromatic rings. The largest absolute Gasteiger partial charge is 0.468 e. The van der Waals surface area contributed by atoms with E-state index in [1.165, 1.54) is 43.5 Å². The fourth-order valence-corrected chi connectivity index (χ4v) is 6.02. The fraction of sp³-hybridized carbons (Fsp3) is 0.600. The SMILES string of the molecule is CN=C1N2c3ccccc3[C@@H]3C[C@@H](C(=O)OC)N([C@@H]32)C12CCCCC2. The van der Waals surface area contributed by atoms with E-state index in [2.05, 4.69) is 34.1 Å². The fourth-order valence-electron chi connectivity index (χ4n) is 6.02. The zero-order valence-corrected chi connectivity index (χ0v) is 14.9. The molecule has 3 fully saturated rings. The highest BCUT2D eigenvalue weighted by atomic mass is 16.5. The summed E-state index contributed by atoms with van der Waals surface area (Å²) in [6.45, 7) is 0. The number of methoxy groups -OCH3 is 1. The number of nitrogens with zero attached hydrogens (tertiary/aromatic N) is 3. The van der Waals surface area contributed by atoms with E-state index in [-0.39, 0.29) is 23.7 Å². The Kier molecular flexibility index (Phi) is 3.26. The van der Waals surface area contributed by atoms with Gasteiger partial charge in [-0.3, -0.25) is 14.7 Å². The van der Waals surface area contributed by atoms with Crippen LogP contribution in [0.2, 0.25) is 0 Å². The number of carbonyl (C=O) groups excluding carboxylic acids is 1. The molecule has 25 heavy (non-hydrogen) atoms. The van der Waals surface area contributed by atoms with Crippen LogP contribution in [0.15, 0.2) is 29.3 Å². The number of esters is 1. The van der Waals surface area contributed by atoms with Crippen LogP contribution in [0.4, 0.5) is 5.69 Å². The zero-order valence-electron chi connectivity index (χ0n) is 14.9. The minimum absolute atomic E-state index is 0.0888. The lowest BCUT2D eigenvalue weighted by atomic mass is 9.79. The van der Waals surface area contributed by atoms with Crippen molar-refractivity contribution < 1.29 is 9.53 Å². The highest BCUT2D eigenvalue weighted by Crippen LogP contribution is 2.59. The molecule has 3 aliphatic heterocycles. The van der Waals surface area contributed by atoms with Crippen molar-refractivity contribution in [3.8, 4) is 0 Å². The van der Waals surface area contributed by atoms with Gasteiger partial charge >= 0.3 is 5.97 Å². The second-order valence-corrected chi connectivity index (χ2v) is 7.77. The maximum Gasteiger partial charge on any atom is 0.323 e. The molecule has 1 aromatic carbocycles. The molecule has 1 spiro atoms. The number of aliphatic imine (C=N–C) groups is 1. The molecule has 3 atom stereocenters. The van der Waals surface area contributed by atoms with Crippen molar-refractivity contribution in [2.24, 2.45) is 4.99 Å². The molecule has 5 nitrogen and oxygen atoms in total. The van der Waals surface area contributed by atoms with Crippen molar-refractivity contribution >= 4 is 17.5 Å². The first-order valence-corrected chi connectivity index (χ1v) is 9.44. The van der Waals surface area contributed by atoms with E-state index >= 15 is 0 Å². The van der Waals surface area contributed by atoms with Gasteiger partial charge in [0.2, 0.25) is 0 Å². The number of anilines is 1. The van der Waals surface area contributed by atoms with Gasteiger partial charge in [0.1, 0.15) is 11.9 Å². The number of hydrogen-bond donors (Lipinski definition) is 0. The molecule has 0 amide bonds. The van der Waals surface area contributed by atoms with Crippen molar-refractivity contribution in [1.29, 1.82) is 0 Å². The van der Waals surface area contributed by atoms with Crippen LogP contribution in [0.3, 0.4) is 0 Å². The number of ether oxygens (including phenoxy) is 1. The molecule has 0 radical (unpaired) electrons. The Labute approximate surface area is 148 Å². The lowest BCUT2D eigenvalue weighted by Gasteiger charge is -2.42. The molecule has 2 saturated heterocycles. The molecule has 0 N–H and O–H groups in total. The van der Waals surface area contributed by atoms with Gasteiger partial charge < -0.3 is 9.64 Å². The maximum atomic E-state index is 12.6. The van der Waals surface area contributed by atoms with E-state index in [0.717, 1.165) is 19.3 Å². The van der Waals surface area contributed by atoms with Gasteiger partial charge in [-0.05, 0) is 30.9 Å². The number of carbonyl (C=O) groups is 1. The number of amidine groups is 1. The van der Waals surface area contributed by atoms with E-state index in [0.29, 0.717) is 5.92 Å². The highest BCUT2D eigenvalue weighted by Gasteiger charge is 2.67. The average molecular weight is 339 g/mol. The molecular weight excluding hydrogens is 314 g/mol. The van der Waals surface area contributed by atoms with Gasteiger partial charge in [-0.25, -0.2) is 0 Å². The molecular formula is C20H25N3O2. The molecule has 5 rings (SSSR count). The van der Waals surface area contributed by atoms with Crippen LogP contribution in [0, 0.1) is 0 Å². The number of para-hydroxylation sites is 1. The summed E-state index contributed by atoms with van der Waals surface area (Å²) in [6, 6.07) is 8.49. The molecule has 1 saturated carbocycles. The third-order valence-corrected chi connectivity index (χ3v) is 6.82. The van der Waals surface area contributed by atoms with Gasteiger partial charge in [0, 0.05) is 18.7 Å². The van der Waals surface area contributed by atoms with Gasteiger partial charge in [0.05, 0.1) is 18.8 Å². The maximum absolute atomic E-state index is 12.6. The molecule has 3 heterocycles. The summed E-state index contributed by atoms with van der Waals surface area (Å²) in [6.07, 6.45) is 6.94. The molecule has 0 bridgehead atoms. The number of rotatable bonds is 1. The predicted octanol–water partition coefficient (Wildman–Crippen LogP) is 2.91. The van der Waals surface area contributed by atoms with Crippen LogP contribution < -0.4 is 4.90 Å². The quantitative estimate of drug-likeness (QED) is 0.738. The summed E-state index contributed by atoms with van der Waals surface area (Å²) in [5.41, 5.74) is 2.54. The first kappa shape index (κ1) is 15.4. The Morgan fingerprint density at radius 3 is 2.72 bits per heavy atom. The summed E-state index contributed by atoms with van der Waals surface area (Å²) < 4.78 is 5.20. The van der Waals surface area contributed by atoms with Crippen LogP contribution in [-0.4, -0.2) is 48.6 Å². The summed E-state index contributed by atoms with van der Waals surface area (Å²) in [4.78, 5) is 22.4. The van der Waals surface area contributed by atoms with E-state index in [1.807, 2.05) is 7.05 Å². The van der Waals surface area contributed by atoms with Crippen LogP contribution in [-0.2, 0) is 9.53 Å². The molecule has 1 aliphatic carbocycles. The second-order valence-electron chi connectivity index (χ2n) is 7.77. The van der Waals surface area contributed by atoms with Crippen LogP contribution >= 0.6 is 0 Å². The van der Waals surface area contributed by atoms with Crippen molar-refractivity contribution in [3.63, 3.8) is 0 Å². The minimum atomic E-state index is -0.159. The third kappa shape index (κ3) is 1.77. The second kappa shape index (κ2) is 5.31. The van der Waals surface area contributed by atoms with Crippen molar-refractivity contribution in [3.05, 3.63) is 29.8 Å². The summed E-state index contributed by atoms with van der Waals surface area (Å²) in [5, 5.41) is 0. The van der Waals surface area contributed by atoms with Gasteiger partial charge in [-0.1, -0.05) is 37.5 Å². The number of fused-ring (bicyclic) bond motifs is 4. The monoisotopic (exact) mass is 339 g/mol. The van der Waals surface area contributed by atoms with Gasteiger partial charge in [0.25, 0.3) is 0 Å². The van der Waals surface area contributed by atoms with Crippen molar-refractivity contribution in [2.45, 2.75) is 62.2 Å². The number of benzene rings is 1. The summed E-state index contributed by atoms with van der Waals surface area (Å²) in [5.74, 6) is 1.44. The average Bonchev–Trinajstić information content (AvgIpc) is 3.27. The molecule has 5 heteroatoms. The minimum Gasteiger partial charge on any atom is -0.468 e. The smallest absolute Gasteiger partial charge is 0.323 e. The first-order valence-electron chi connectivity index (χ1n) is 9.44. The Hall–Kier alpha value is -1.88. The molecule has 0 aromatic heterocycles. The van der Waals surface area contributed by atoms with Crippen LogP contribution in [0.5, 0.6) is 0 Å². The van der Waals surface area contributed by atoms with E-state index < -0.39 is 0 Å². The van der Waals surface area contributed by atoms with E-state index in [1.54, 1.807) is 0 Å². The third-order valence-electron chi connectivity index (χ3n) is 6.82. The van der Waals surface area contributed by atoms with Gasteiger partial charge in [-0.2, -0.15) is 0 Å². The Morgan fingerprint density at radius 1 is 1.24 bits per heavy atom. The Balaban J connectivity index is 1.71. The van der Waals surface area contributed by atoms with E-state index in [4.69, 9.17) is 9.73 Å². The van der Waals surface area contributed by atoms with E-state index in [9.17, 15) is 4.79 Å².